The minimum absolute atomic E-state index is 0.0314. The van der Waals surface area contributed by atoms with Gasteiger partial charge in [0.1, 0.15) is 5.69 Å². The van der Waals surface area contributed by atoms with E-state index in [4.69, 9.17) is 17.3 Å². The summed E-state index contributed by atoms with van der Waals surface area (Å²) in [5.74, 6) is 0. The summed E-state index contributed by atoms with van der Waals surface area (Å²) < 4.78 is 3.21. The van der Waals surface area contributed by atoms with E-state index in [0.717, 1.165) is 5.69 Å². The van der Waals surface area contributed by atoms with Crippen LogP contribution in [0, 0.1) is 0 Å². The molecule has 0 aliphatic heterocycles. The molecule has 0 amide bonds. The van der Waals surface area contributed by atoms with Gasteiger partial charge in [-0.25, -0.2) is 4.98 Å². The van der Waals surface area contributed by atoms with Gasteiger partial charge in [0.05, 0.1) is 18.6 Å². The molecular weight excluding hydrogens is 254 g/mol. The maximum Gasteiger partial charge on any atom is 0.278 e. The first kappa shape index (κ1) is 12.6. The van der Waals surface area contributed by atoms with Gasteiger partial charge in [-0.3, -0.25) is 14.0 Å². The third-order valence-electron chi connectivity index (χ3n) is 2.55. The van der Waals surface area contributed by atoms with Gasteiger partial charge in [0.25, 0.3) is 5.56 Å². The third kappa shape index (κ3) is 2.38. The van der Waals surface area contributed by atoms with Crippen LogP contribution in [0.3, 0.4) is 0 Å². The van der Waals surface area contributed by atoms with E-state index in [0.29, 0.717) is 6.54 Å². The van der Waals surface area contributed by atoms with E-state index in [1.807, 2.05) is 30.8 Å². The second-order valence-corrected chi connectivity index (χ2v) is 4.62. The number of nitrogens with two attached hydrogens (primary N) is 1. The summed E-state index contributed by atoms with van der Waals surface area (Å²) in [6, 6.07) is 2.14. The monoisotopic (exact) mass is 267 g/mol. The highest BCUT2D eigenvalue weighted by Gasteiger charge is 2.08. The van der Waals surface area contributed by atoms with E-state index in [1.54, 1.807) is 0 Å². The standard InChI is InChI=1S/C11H14ClN5O/c1-7(2)17-4-3-8(15-17)5-16-6-14-10(12)9(13)11(16)18/h3-4,6-7H,5,13H2,1-2H3. The quantitative estimate of drug-likeness (QED) is 0.851. The number of nitrogen functional groups attached to an aromatic ring is 1. The molecule has 18 heavy (non-hydrogen) atoms. The van der Waals surface area contributed by atoms with Gasteiger partial charge in [-0.2, -0.15) is 5.10 Å². The Morgan fingerprint density at radius 3 is 2.83 bits per heavy atom. The van der Waals surface area contributed by atoms with Crippen LogP contribution in [0.25, 0.3) is 0 Å². The Morgan fingerprint density at radius 1 is 1.50 bits per heavy atom. The van der Waals surface area contributed by atoms with E-state index in [-0.39, 0.29) is 22.4 Å². The molecule has 0 aliphatic carbocycles. The van der Waals surface area contributed by atoms with Crippen molar-refractivity contribution in [3.63, 3.8) is 0 Å². The fourth-order valence-corrected chi connectivity index (χ4v) is 1.65. The molecular formula is C11H14ClN5O. The lowest BCUT2D eigenvalue weighted by Crippen LogP contribution is -2.24. The second kappa shape index (κ2) is 4.81. The van der Waals surface area contributed by atoms with Crippen molar-refractivity contribution in [3.8, 4) is 0 Å². The summed E-state index contributed by atoms with van der Waals surface area (Å²) in [6.07, 6.45) is 3.24. The fourth-order valence-electron chi connectivity index (χ4n) is 1.52. The lowest BCUT2D eigenvalue weighted by Gasteiger charge is -2.06. The number of anilines is 1. The van der Waals surface area contributed by atoms with E-state index in [1.165, 1.54) is 10.9 Å². The third-order valence-corrected chi connectivity index (χ3v) is 2.85. The molecule has 2 aromatic heterocycles. The van der Waals surface area contributed by atoms with Crippen molar-refractivity contribution in [2.75, 3.05) is 5.73 Å². The van der Waals surface area contributed by atoms with Crippen molar-refractivity contribution in [1.82, 2.24) is 19.3 Å². The van der Waals surface area contributed by atoms with Crippen molar-refractivity contribution in [1.29, 1.82) is 0 Å². The maximum absolute atomic E-state index is 11.8. The zero-order chi connectivity index (χ0) is 13.3. The highest BCUT2D eigenvalue weighted by molar-refractivity contribution is 6.31. The molecule has 0 radical (unpaired) electrons. The zero-order valence-corrected chi connectivity index (χ0v) is 10.9. The molecule has 0 atom stereocenters. The Bertz CT molecular complexity index is 616. The van der Waals surface area contributed by atoms with Gasteiger partial charge in [-0.1, -0.05) is 11.6 Å². The Hall–Kier alpha value is -1.82. The van der Waals surface area contributed by atoms with E-state index < -0.39 is 0 Å². The molecule has 2 heterocycles. The summed E-state index contributed by atoms with van der Waals surface area (Å²) in [4.78, 5) is 15.7. The molecule has 0 spiro atoms. The van der Waals surface area contributed by atoms with Gasteiger partial charge in [-0.05, 0) is 19.9 Å². The Morgan fingerprint density at radius 2 is 2.22 bits per heavy atom. The topological polar surface area (TPSA) is 78.7 Å². The summed E-state index contributed by atoms with van der Waals surface area (Å²) in [5, 5.41) is 4.39. The summed E-state index contributed by atoms with van der Waals surface area (Å²) in [5.41, 5.74) is 5.92. The normalized spacial score (nSPS) is 11.1. The lowest BCUT2D eigenvalue weighted by atomic mass is 10.4. The van der Waals surface area contributed by atoms with Crippen LogP contribution in [0.5, 0.6) is 0 Å². The van der Waals surface area contributed by atoms with Crippen LogP contribution in [-0.2, 0) is 6.54 Å². The van der Waals surface area contributed by atoms with Crippen LogP contribution in [0.1, 0.15) is 25.6 Å². The van der Waals surface area contributed by atoms with Crippen molar-refractivity contribution >= 4 is 17.3 Å². The lowest BCUT2D eigenvalue weighted by molar-refractivity contribution is 0.522. The Labute approximate surface area is 109 Å². The fraction of sp³-hybridized carbons (Fsp3) is 0.364. The summed E-state index contributed by atoms with van der Waals surface area (Å²) >= 11 is 5.67. The van der Waals surface area contributed by atoms with E-state index in [2.05, 4.69) is 10.1 Å². The molecule has 2 N–H and O–H groups in total. The first-order chi connectivity index (χ1) is 8.49. The average molecular weight is 268 g/mol. The molecule has 96 valence electrons. The molecule has 0 bridgehead atoms. The predicted octanol–water partition coefficient (Wildman–Crippen LogP) is 1.30. The maximum atomic E-state index is 11.8. The van der Waals surface area contributed by atoms with Crippen LogP contribution in [-0.4, -0.2) is 19.3 Å². The van der Waals surface area contributed by atoms with Crippen LogP contribution < -0.4 is 11.3 Å². The number of nitrogens with zero attached hydrogens (tertiary/aromatic N) is 4. The van der Waals surface area contributed by atoms with Gasteiger partial charge in [-0.15, -0.1) is 0 Å². The van der Waals surface area contributed by atoms with E-state index in [9.17, 15) is 4.79 Å². The van der Waals surface area contributed by atoms with Gasteiger partial charge in [0, 0.05) is 12.2 Å². The molecule has 0 saturated heterocycles. The van der Waals surface area contributed by atoms with Crippen molar-refractivity contribution < 1.29 is 0 Å². The molecule has 2 aromatic rings. The summed E-state index contributed by atoms with van der Waals surface area (Å²) in [7, 11) is 0. The number of hydrogen-bond donors (Lipinski definition) is 1. The molecule has 0 aliphatic rings. The molecule has 0 aromatic carbocycles. The van der Waals surface area contributed by atoms with Gasteiger partial charge in [0.15, 0.2) is 5.15 Å². The average Bonchev–Trinajstić information content (AvgIpc) is 2.79. The highest BCUT2D eigenvalue weighted by Crippen LogP contribution is 2.09. The molecule has 6 nitrogen and oxygen atoms in total. The Kier molecular flexibility index (Phi) is 3.38. The van der Waals surface area contributed by atoms with Crippen LogP contribution in [0.15, 0.2) is 23.4 Å². The van der Waals surface area contributed by atoms with E-state index >= 15 is 0 Å². The minimum Gasteiger partial charge on any atom is -0.392 e. The van der Waals surface area contributed by atoms with Gasteiger partial charge >= 0.3 is 0 Å². The number of rotatable bonds is 3. The molecule has 0 unspecified atom stereocenters. The molecule has 0 fully saturated rings. The first-order valence-electron chi connectivity index (χ1n) is 5.53. The number of aromatic nitrogens is 4. The molecule has 7 heteroatoms. The van der Waals surface area contributed by atoms with Crippen LogP contribution in [0.2, 0.25) is 5.15 Å². The summed E-state index contributed by atoms with van der Waals surface area (Å²) in [6.45, 7) is 4.39. The molecule has 2 rings (SSSR count). The highest BCUT2D eigenvalue weighted by atomic mass is 35.5. The minimum atomic E-state index is -0.353. The number of halogens is 1. The largest absolute Gasteiger partial charge is 0.392 e. The predicted molar refractivity (Wildman–Crippen MR) is 69.6 cm³/mol. The van der Waals surface area contributed by atoms with Gasteiger partial charge < -0.3 is 5.73 Å². The first-order valence-corrected chi connectivity index (χ1v) is 5.91. The Balaban J connectivity index is 2.29. The SMILES string of the molecule is CC(C)n1ccc(Cn2cnc(Cl)c(N)c2=O)n1. The smallest absolute Gasteiger partial charge is 0.278 e. The van der Waals surface area contributed by atoms with Crippen molar-refractivity contribution in [2.45, 2.75) is 26.4 Å². The molecule has 0 saturated carbocycles. The number of hydrogen-bond acceptors (Lipinski definition) is 4. The van der Waals surface area contributed by atoms with Crippen LogP contribution >= 0.6 is 11.6 Å². The second-order valence-electron chi connectivity index (χ2n) is 4.26. The van der Waals surface area contributed by atoms with Crippen LogP contribution in [0.4, 0.5) is 5.69 Å². The van der Waals surface area contributed by atoms with Crippen molar-refractivity contribution in [3.05, 3.63) is 39.8 Å². The zero-order valence-electron chi connectivity index (χ0n) is 10.2. The van der Waals surface area contributed by atoms with Crippen molar-refractivity contribution in [2.24, 2.45) is 0 Å². The van der Waals surface area contributed by atoms with Gasteiger partial charge in [0.2, 0.25) is 0 Å².